The predicted octanol–water partition coefficient (Wildman–Crippen LogP) is 9.38. The highest BCUT2D eigenvalue weighted by molar-refractivity contribution is 7.99. The number of anilines is 2. The van der Waals surface area contributed by atoms with E-state index < -0.39 is 15.9 Å². The van der Waals surface area contributed by atoms with Crippen molar-refractivity contribution in [2.75, 3.05) is 68.3 Å². The molecule has 5 fully saturated rings. The number of nitrogens with one attached hydrogen (secondary N) is 2. The number of hydrogen-bond donors (Lipinski definition) is 2. The molecule has 8 nitrogen and oxygen atoms in total. The van der Waals surface area contributed by atoms with Crippen LogP contribution >= 0.6 is 11.8 Å². The van der Waals surface area contributed by atoms with E-state index in [1.165, 1.54) is 62.7 Å². The number of carbonyl (C=O) groups excluding carboxylic acids is 1. The second-order valence-corrected chi connectivity index (χ2v) is 22.2. The van der Waals surface area contributed by atoms with Crippen LogP contribution in [0.25, 0.3) is 0 Å². The predicted molar refractivity (Wildman–Crippen MR) is 239 cm³/mol. The molecule has 1 amide bonds. The van der Waals surface area contributed by atoms with Crippen molar-refractivity contribution in [3.63, 3.8) is 0 Å². The van der Waals surface area contributed by atoms with Crippen molar-refractivity contribution in [3.8, 4) is 0 Å². The minimum atomic E-state index is -4.07. The van der Waals surface area contributed by atoms with Gasteiger partial charge in [-0.25, -0.2) is 13.1 Å². The van der Waals surface area contributed by atoms with Crippen molar-refractivity contribution in [3.05, 3.63) is 95.1 Å². The molecular formula is C48H65N5O3S2. The van der Waals surface area contributed by atoms with E-state index in [1.54, 1.807) is 29.8 Å². The third-order valence-electron chi connectivity index (χ3n) is 13.9. The van der Waals surface area contributed by atoms with Gasteiger partial charge in [-0.3, -0.25) is 9.69 Å². The van der Waals surface area contributed by atoms with Crippen molar-refractivity contribution in [1.29, 1.82) is 0 Å². The monoisotopic (exact) mass is 823 g/mol. The maximum absolute atomic E-state index is 13.5. The highest BCUT2D eigenvalue weighted by atomic mass is 32.2. The number of rotatable bonds is 15. The Labute approximate surface area is 352 Å². The Kier molecular flexibility index (Phi) is 12.1. The maximum Gasteiger partial charge on any atom is 0.264 e. The summed E-state index contributed by atoms with van der Waals surface area (Å²) in [6.45, 7) is 17.7. The molecule has 0 spiro atoms. The van der Waals surface area contributed by atoms with Crippen LogP contribution in [0, 0.1) is 23.2 Å². The normalized spacial score (nSPS) is 25.4. The number of carbonyl (C=O) groups is 1. The fraction of sp³-hybridized carbons (Fsp3) is 0.562. The summed E-state index contributed by atoms with van der Waals surface area (Å²) in [4.78, 5) is 22.2. The quantitative estimate of drug-likeness (QED) is 0.116. The van der Waals surface area contributed by atoms with Gasteiger partial charge in [-0.2, -0.15) is 0 Å². The van der Waals surface area contributed by atoms with Gasteiger partial charge in [0.25, 0.3) is 15.9 Å². The fourth-order valence-electron chi connectivity index (χ4n) is 10.9. The first-order valence-electron chi connectivity index (χ1n) is 21.9. The highest BCUT2D eigenvalue weighted by Gasteiger charge is 2.66. The molecule has 3 aromatic rings. The zero-order chi connectivity index (χ0) is 40.5. The van der Waals surface area contributed by atoms with Crippen LogP contribution in [0.1, 0.15) is 101 Å². The second kappa shape index (κ2) is 17.0. The lowest BCUT2D eigenvalue weighted by Crippen LogP contribution is -2.61. The summed E-state index contributed by atoms with van der Waals surface area (Å²) in [7, 11) is -4.07. The van der Waals surface area contributed by atoms with E-state index in [2.05, 4.69) is 69.8 Å². The van der Waals surface area contributed by atoms with Crippen molar-refractivity contribution < 1.29 is 13.2 Å². The lowest BCUT2D eigenvalue weighted by Gasteiger charge is -2.72. The van der Waals surface area contributed by atoms with Gasteiger partial charge in [0, 0.05) is 72.9 Å². The summed E-state index contributed by atoms with van der Waals surface area (Å²) < 4.78 is 29.3. The summed E-state index contributed by atoms with van der Waals surface area (Å²) >= 11 is 1.84. The van der Waals surface area contributed by atoms with Crippen LogP contribution in [0.4, 0.5) is 11.4 Å². The number of likely N-dealkylation sites (tertiary alicyclic amines) is 1. The Morgan fingerprint density at radius 1 is 0.845 bits per heavy atom. The first-order chi connectivity index (χ1) is 27.8. The lowest BCUT2D eigenvalue weighted by atomic mass is 9.33. The fourth-order valence-corrected chi connectivity index (χ4v) is 13.0. The van der Waals surface area contributed by atoms with Gasteiger partial charge < -0.3 is 15.1 Å². The Balaban J connectivity index is 0.847. The average Bonchev–Trinajstić information content (AvgIpc) is 3.19. The van der Waals surface area contributed by atoms with Crippen LogP contribution in [0.3, 0.4) is 0 Å². The van der Waals surface area contributed by atoms with Gasteiger partial charge in [-0.05, 0) is 154 Å². The number of hydrogen-bond acceptors (Lipinski definition) is 8. The number of piperidine rings is 1. The summed E-state index contributed by atoms with van der Waals surface area (Å²) in [5.41, 5.74) is 8.26. The number of amides is 1. The lowest BCUT2D eigenvalue weighted by molar-refractivity contribution is -0.166. The molecule has 4 aliphatic carbocycles. The number of aryl methyl sites for hydroxylation is 1. The van der Waals surface area contributed by atoms with E-state index in [1.807, 2.05) is 48.5 Å². The zero-order valence-electron chi connectivity index (χ0n) is 35.3. The largest absolute Gasteiger partial charge is 0.381 e. The number of thioether (sulfide) groups is 1. The van der Waals surface area contributed by atoms with E-state index in [-0.39, 0.29) is 10.9 Å². The first kappa shape index (κ1) is 41.4. The van der Waals surface area contributed by atoms with E-state index in [0.29, 0.717) is 21.8 Å². The van der Waals surface area contributed by atoms with Gasteiger partial charge in [-0.1, -0.05) is 56.5 Å². The SMILES string of the molecule is Cc1cc(S(=O)(=O)NC(=O)c2ccc(N3CCN(CC4=C(C56CC(C)(C5)C6)CCC(C)(C)C4)CC3)cc2)ccc1N[C@H](CCN1CCCCC1)CSc1ccccc1. The van der Waals surface area contributed by atoms with Crippen LogP contribution in [0.2, 0.25) is 0 Å². The molecule has 0 radical (unpaired) electrons. The number of piperazine rings is 1. The second-order valence-electron chi connectivity index (χ2n) is 19.4. The number of sulfonamides is 1. The smallest absolute Gasteiger partial charge is 0.264 e. The number of benzene rings is 3. The molecule has 2 bridgehead atoms. The summed E-state index contributed by atoms with van der Waals surface area (Å²) in [5, 5.41) is 3.73. The zero-order valence-corrected chi connectivity index (χ0v) is 37.0. The Hall–Kier alpha value is -3.31. The minimum Gasteiger partial charge on any atom is -0.381 e. The molecule has 58 heavy (non-hydrogen) atoms. The molecule has 3 saturated carbocycles. The van der Waals surface area contributed by atoms with Crippen LogP contribution in [0.15, 0.2) is 93.7 Å². The van der Waals surface area contributed by atoms with E-state index in [4.69, 9.17) is 0 Å². The summed E-state index contributed by atoms with van der Waals surface area (Å²) in [6.07, 6.45) is 12.9. The molecule has 9 rings (SSSR count). The van der Waals surface area contributed by atoms with Gasteiger partial charge >= 0.3 is 0 Å². The highest BCUT2D eigenvalue weighted by Crippen LogP contribution is 2.77. The van der Waals surface area contributed by atoms with E-state index in [0.717, 1.165) is 81.5 Å². The van der Waals surface area contributed by atoms with Crippen LogP contribution in [-0.4, -0.2) is 88.3 Å². The maximum atomic E-state index is 13.5. The van der Waals surface area contributed by atoms with Crippen LogP contribution < -0.4 is 14.9 Å². The Morgan fingerprint density at radius 3 is 2.22 bits per heavy atom. The molecule has 0 aromatic heterocycles. The third-order valence-corrected chi connectivity index (χ3v) is 16.4. The average molecular weight is 824 g/mol. The first-order valence-corrected chi connectivity index (χ1v) is 24.4. The molecule has 312 valence electrons. The van der Waals surface area contributed by atoms with Crippen molar-refractivity contribution >= 4 is 39.1 Å². The Morgan fingerprint density at radius 2 is 1.55 bits per heavy atom. The van der Waals surface area contributed by atoms with Gasteiger partial charge in [-0.15, -0.1) is 11.8 Å². The molecule has 0 unspecified atom stereocenters. The molecule has 3 aromatic carbocycles. The number of nitrogens with zero attached hydrogens (tertiary/aromatic N) is 3. The van der Waals surface area contributed by atoms with Gasteiger partial charge in [0.15, 0.2) is 0 Å². The third kappa shape index (κ3) is 9.51. The summed E-state index contributed by atoms with van der Waals surface area (Å²) in [6, 6.07) is 23.2. The molecule has 6 aliphatic rings. The standard InChI is InChI=1S/C48H65N5O3S2/c1-36-29-42(17-18-44(36)49-39(20-24-51-22-9-6-10-23-51)32-57-41-11-7-5-8-12-41)58(55,56)50-45(54)37-13-15-40(16-14-37)53-27-25-52(26-28-53)31-38-30-46(2,3)21-19-43(38)48-33-47(4,34-48)35-48/h5,7-8,11-18,29,39,49H,6,9-10,19-28,30-35H2,1-4H3,(H,50,54)/t39-,47?,48?/m1/s1. The molecule has 1 atom stereocenters. The molecule has 2 saturated heterocycles. The molecular weight excluding hydrogens is 759 g/mol. The summed E-state index contributed by atoms with van der Waals surface area (Å²) in [5.74, 6) is 0.282. The van der Waals surface area contributed by atoms with Crippen LogP contribution in [-0.2, 0) is 10.0 Å². The molecule has 2 heterocycles. The van der Waals surface area contributed by atoms with E-state index in [9.17, 15) is 13.2 Å². The Bertz CT molecular complexity index is 2050. The van der Waals surface area contributed by atoms with Gasteiger partial charge in [0.2, 0.25) is 0 Å². The van der Waals surface area contributed by atoms with Crippen LogP contribution in [0.5, 0.6) is 0 Å². The van der Waals surface area contributed by atoms with Crippen molar-refractivity contribution in [2.24, 2.45) is 16.2 Å². The topological polar surface area (TPSA) is 85.0 Å². The molecule has 2 aliphatic heterocycles. The molecule has 10 heteroatoms. The van der Waals surface area contributed by atoms with Gasteiger partial charge in [0.1, 0.15) is 0 Å². The number of allylic oxidation sites excluding steroid dienone is 1. The minimum absolute atomic E-state index is 0.0834. The van der Waals surface area contributed by atoms with E-state index >= 15 is 0 Å². The molecule has 2 N–H and O–H groups in total. The van der Waals surface area contributed by atoms with Gasteiger partial charge in [0.05, 0.1) is 4.90 Å². The van der Waals surface area contributed by atoms with Crippen molar-refractivity contribution in [2.45, 2.75) is 108 Å². The van der Waals surface area contributed by atoms with Crippen molar-refractivity contribution in [1.82, 2.24) is 14.5 Å².